The smallest absolute Gasteiger partial charge is 0.231 e. The van der Waals surface area contributed by atoms with E-state index in [1.54, 1.807) is 0 Å². The van der Waals surface area contributed by atoms with E-state index in [2.05, 4.69) is 17.1 Å². The highest BCUT2D eigenvalue weighted by atomic mass is 16.1. The topological polar surface area (TPSA) is 58.4 Å². The van der Waals surface area contributed by atoms with Crippen LogP contribution < -0.4 is 11.1 Å². The van der Waals surface area contributed by atoms with E-state index in [0.717, 1.165) is 32.5 Å². The molecule has 0 aliphatic carbocycles. The van der Waals surface area contributed by atoms with E-state index in [-0.39, 0.29) is 5.91 Å². The molecule has 4 nitrogen and oxygen atoms in total. The van der Waals surface area contributed by atoms with E-state index in [9.17, 15) is 4.79 Å². The third-order valence-electron chi connectivity index (χ3n) is 2.60. The zero-order valence-electron chi connectivity index (χ0n) is 8.25. The number of nitrogens with zero attached hydrogens (tertiary/aromatic N) is 1. The van der Waals surface area contributed by atoms with Gasteiger partial charge in [0.05, 0.1) is 6.54 Å². The van der Waals surface area contributed by atoms with Gasteiger partial charge in [0.1, 0.15) is 0 Å². The van der Waals surface area contributed by atoms with E-state index >= 15 is 0 Å². The van der Waals surface area contributed by atoms with Crippen molar-refractivity contribution >= 4 is 5.91 Å². The lowest BCUT2D eigenvalue weighted by Gasteiger charge is -2.31. The van der Waals surface area contributed by atoms with Crippen LogP contribution >= 0.6 is 0 Å². The Morgan fingerprint density at radius 3 is 2.62 bits per heavy atom. The van der Waals surface area contributed by atoms with Crippen LogP contribution in [-0.2, 0) is 4.79 Å². The fourth-order valence-electron chi connectivity index (χ4n) is 1.70. The first kappa shape index (κ1) is 10.5. The first-order valence-corrected chi connectivity index (χ1v) is 4.96. The Morgan fingerprint density at radius 1 is 1.54 bits per heavy atom. The SMILES string of the molecule is CCN1CCC(NCC(N)=O)CC1. The minimum absolute atomic E-state index is 0.266. The van der Waals surface area contributed by atoms with E-state index < -0.39 is 0 Å². The van der Waals surface area contributed by atoms with Crippen molar-refractivity contribution in [1.29, 1.82) is 0 Å². The quantitative estimate of drug-likeness (QED) is 0.623. The second-order valence-electron chi connectivity index (χ2n) is 3.56. The number of hydrogen-bond donors (Lipinski definition) is 2. The summed E-state index contributed by atoms with van der Waals surface area (Å²) in [5.41, 5.74) is 5.05. The molecule has 0 spiro atoms. The molecule has 1 fully saturated rings. The van der Waals surface area contributed by atoms with Crippen LogP contribution in [0.1, 0.15) is 19.8 Å². The van der Waals surface area contributed by atoms with Crippen LogP contribution in [-0.4, -0.2) is 43.0 Å². The number of piperidine rings is 1. The molecule has 1 amide bonds. The summed E-state index contributed by atoms with van der Waals surface area (Å²) in [6, 6.07) is 0.482. The van der Waals surface area contributed by atoms with Crippen molar-refractivity contribution in [1.82, 2.24) is 10.2 Å². The van der Waals surface area contributed by atoms with Gasteiger partial charge in [0.2, 0.25) is 5.91 Å². The van der Waals surface area contributed by atoms with Gasteiger partial charge in [-0.05, 0) is 32.5 Å². The van der Waals surface area contributed by atoms with Gasteiger partial charge in [-0.25, -0.2) is 0 Å². The summed E-state index contributed by atoms with van der Waals surface area (Å²) in [6.07, 6.45) is 2.25. The Bertz CT molecular complexity index is 164. The number of primary amides is 1. The standard InChI is InChI=1S/C9H19N3O/c1-2-12-5-3-8(4-6-12)11-7-9(10)13/h8,11H,2-7H2,1H3,(H2,10,13). The predicted octanol–water partition coefficient (Wildman–Crippen LogP) is -0.454. The second kappa shape index (κ2) is 5.19. The molecule has 0 radical (unpaired) electrons. The first-order valence-electron chi connectivity index (χ1n) is 4.96. The molecule has 0 atom stereocenters. The van der Waals surface area contributed by atoms with Gasteiger partial charge in [0, 0.05) is 6.04 Å². The molecule has 0 aromatic rings. The molecule has 0 aromatic carbocycles. The third kappa shape index (κ3) is 3.74. The highest BCUT2D eigenvalue weighted by Gasteiger charge is 2.17. The number of carbonyl (C=O) groups excluding carboxylic acids is 1. The maximum Gasteiger partial charge on any atom is 0.231 e. The third-order valence-corrected chi connectivity index (χ3v) is 2.60. The van der Waals surface area contributed by atoms with Crippen molar-refractivity contribution in [3.8, 4) is 0 Å². The van der Waals surface area contributed by atoms with E-state index in [4.69, 9.17) is 5.73 Å². The molecular formula is C9H19N3O. The van der Waals surface area contributed by atoms with Gasteiger partial charge in [0.25, 0.3) is 0 Å². The van der Waals surface area contributed by atoms with Gasteiger partial charge in [-0.1, -0.05) is 6.92 Å². The lowest BCUT2D eigenvalue weighted by molar-refractivity contribution is -0.117. The molecule has 13 heavy (non-hydrogen) atoms. The van der Waals surface area contributed by atoms with Crippen LogP contribution in [0.3, 0.4) is 0 Å². The van der Waals surface area contributed by atoms with Crippen molar-refractivity contribution in [2.45, 2.75) is 25.8 Å². The van der Waals surface area contributed by atoms with Gasteiger partial charge >= 0.3 is 0 Å². The fourth-order valence-corrected chi connectivity index (χ4v) is 1.70. The van der Waals surface area contributed by atoms with E-state index in [1.165, 1.54) is 0 Å². The lowest BCUT2D eigenvalue weighted by Crippen LogP contribution is -2.44. The number of hydrogen-bond acceptors (Lipinski definition) is 3. The van der Waals surface area contributed by atoms with Crippen LogP contribution in [0.2, 0.25) is 0 Å². The Kier molecular flexibility index (Phi) is 4.18. The number of nitrogens with one attached hydrogen (secondary N) is 1. The van der Waals surface area contributed by atoms with Gasteiger partial charge in [-0.15, -0.1) is 0 Å². The Hall–Kier alpha value is -0.610. The Morgan fingerprint density at radius 2 is 2.15 bits per heavy atom. The molecule has 0 bridgehead atoms. The zero-order chi connectivity index (χ0) is 9.68. The maximum absolute atomic E-state index is 10.5. The molecule has 0 aromatic heterocycles. The number of carbonyl (C=O) groups is 1. The minimum Gasteiger partial charge on any atom is -0.369 e. The van der Waals surface area contributed by atoms with E-state index in [0.29, 0.717) is 12.6 Å². The molecule has 1 heterocycles. The molecule has 1 aliphatic heterocycles. The van der Waals surface area contributed by atoms with Crippen LogP contribution in [0.15, 0.2) is 0 Å². The van der Waals surface area contributed by atoms with Crippen LogP contribution in [0.25, 0.3) is 0 Å². The average Bonchev–Trinajstić information content (AvgIpc) is 2.15. The molecule has 1 saturated heterocycles. The largest absolute Gasteiger partial charge is 0.369 e. The number of rotatable bonds is 4. The van der Waals surface area contributed by atoms with Crippen molar-refractivity contribution in [3.63, 3.8) is 0 Å². The van der Waals surface area contributed by atoms with Gasteiger partial charge in [0.15, 0.2) is 0 Å². The van der Waals surface area contributed by atoms with Crippen LogP contribution in [0, 0.1) is 0 Å². The molecule has 76 valence electrons. The summed E-state index contributed by atoms with van der Waals surface area (Å²) in [5.74, 6) is -0.266. The zero-order valence-corrected chi connectivity index (χ0v) is 8.25. The first-order chi connectivity index (χ1) is 6.22. The summed E-state index contributed by atoms with van der Waals surface area (Å²) in [7, 11) is 0. The molecule has 4 heteroatoms. The highest BCUT2D eigenvalue weighted by molar-refractivity contribution is 5.75. The summed E-state index contributed by atoms with van der Waals surface area (Å²) in [5, 5.41) is 3.16. The van der Waals surface area contributed by atoms with Gasteiger partial charge in [-0.2, -0.15) is 0 Å². The average molecular weight is 185 g/mol. The summed E-state index contributed by atoms with van der Waals surface area (Å²) >= 11 is 0. The summed E-state index contributed by atoms with van der Waals surface area (Å²) in [6.45, 7) is 5.89. The molecule has 0 unspecified atom stereocenters. The Labute approximate surface area is 79.5 Å². The van der Waals surface area contributed by atoms with E-state index in [1.807, 2.05) is 0 Å². The molecule has 3 N–H and O–H groups in total. The second-order valence-corrected chi connectivity index (χ2v) is 3.56. The number of nitrogens with two attached hydrogens (primary N) is 1. The van der Waals surface area contributed by atoms with Crippen LogP contribution in [0.5, 0.6) is 0 Å². The molecule has 1 aliphatic rings. The Balaban J connectivity index is 2.14. The van der Waals surface area contributed by atoms with Crippen LogP contribution in [0.4, 0.5) is 0 Å². The molecule has 1 rings (SSSR count). The van der Waals surface area contributed by atoms with Crippen molar-refractivity contribution < 1.29 is 4.79 Å². The van der Waals surface area contributed by atoms with Crippen molar-refractivity contribution in [2.24, 2.45) is 5.73 Å². The van der Waals surface area contributed by atoms with Crippen molar-refractivity contribution in [3.05, 3.63) is 0 Å². The predicted molar refractivity (Wildman–Crippen MR) is 52.3 cm³/mol. The molecule has 0 saturated carbocycles. The normalized spacial score (nSPS) is 20.4. The van der Waals surface area contributed by atoms with Gasteiger partial charge in [-0.3, -0.25) is 4.79 Å². The maximum atomic E-state index is 10.5. The highest BCUT2D eigenvalue weighted by Crippen LogP contribution is 2.08. The van der Waals surface area contributed by atoms with Crippen molar-refractivity contribution in [2.75, 3.05) is 26.2 Å². The monoisotopic (exact) mass is 185 g/mol. The van der Waals surface area contributed by atoms with Gasteiger partial charge < -0.3 is 16.0 Å². The minimum atomic E-state index is -0.266. The number of likely N-dealkylation sites (tertiary alicyclic amines) is 1. The number of amides is 1. The summed E-state index contributed by atoms with van der Waals surface area (Å²) in [4.78, 5) is 12.9. The fraction of sp³-hybridized carbons (Fsp3) is 0.889. The summed E-state index contributed by atoms with van der Waals surface area (Å²) < 4.78 is 0. The lowest BCUT2D eigenvalue weighted by atomic mass is 10.1. The molecular weight excluding hydrogens is 166 g/mol.